The summed E-state index contributed by atoms with van der Waals surface area (Å²) in [6, 6.07) is 1.99. The molecular weight excluding hydrogens is 447 g/mol. The van der Waals surface area contributed by atoms with Gasteiger partial charge in [0.25, 0.3) is 0 Å². The molecule has 2 rings (SSSR count). The zero-order valence-corrected chi connectivity index (χ0v) is 17.0. The van der Waals surface area contributed by atoms with Crippen molar-refractivity contribution in [2.75, 3.05) is 6.61 Å². The van der Waals surface area contributed by atoms with E-state index in [2.05, 4.69) is 0 Å². The van der Waals surface area contributed by atoms with E-state index in [0.717, 1.165) is 18.2 Å². The van der Waals surface area contributed by atoms with Crippen molar-refractivity contribution in [3.63, 3.8) is 0 Å². The summed E-state index contributed by atoms with van der Waals surface area (Å²) in [5.41, 5.74) is -3.66. The number of esters is 2. The molecule has 1 aromatic rings. The second-order valence-corrected chi connectivity index (χ2v) is 6.71. The molecule has 0 saturated carbocycles. The van der Waals surface area contributed by atoms with Crippen LogP contribution in [0.1, 0.15) is 19.4 Å². The quantitative estimate of drug-likeness (QED) is 0.261. The molecular formula is C19H17ClF3NO7. The van der Waals surface area contributed by atoms with Gasteiger partial charge >= 0.3 is 23.8 Å². The maximum absolute atomic E-state index is 12.8. The Morgan fingerprint density at radius 2 is 2.00 bits per heavy atom. The molecule has 3 unspecified atom stereocenters. The SMILES string of the molecule is CCOC(=O)C(C)OC(=O)C1C=CC=CC1(Oc1ccc(C(F)(F)F)cc1Cl)[N+](=O)[O-]. The first kappa shape index (κ1) is 24.2. The van der Waals surface area contributed by atoms with Crippen molar-refractivity contribution in [1.82, 2.24) is 0 Å². The highest BCUT2D eigenvalue weighted by Crippen LogP contribution is 2.39. The van der Waals surface area contributed by atoms with Gasteiger partial charge in [-0.1, -0.05) is 29.8 Å². The molecule has 0 heterocycles. The molecule has 8 nitrogen and oxygen atoms in total. The summed E-state index contributed by atoms with van der Waals surface area (Å²) in [7, 11) is 0. The van der Waals surface area contributed by atoms with Crippen molar-refractivity contribution in [2.24, 2.45) is 5.92 Å². The van der Waals surface area contributed by atoms with Crippen LogP contribution in [-0.4, -0.2) is 35.3 Å². The van der Waals surface area contributed by atoms with Crippen molar-refractivity contribution < 1.29 is 41.9 Å². The van der Waals surface area contributed by atoms with Gasteiger partial charge in [0, 0.05) is 6.08 Å². The van der Waals surface area contributed by atoms with Crippen LogP contribution in [0.25, 0.3) is 0 Å². The standard InChI is InChI=1S/C19H17ClF3NO7/c1-3-29-16(25)11(2)30-17(26)13-6-4-5-9-18(13,24(27)28)31-15-8-7-12(10-14(15)20)19(21,22)23/h4-11,13H,3H2,1-2H3. The Morgan fingerprint density at radius 1 is 1.32 bits per heavy atom. The summed E-state index contributed by atoms with van der Waals surface area (Å²) in [4.78, 5) is 35.3. The Labute approximate surface area is 179 Å². The minimum absolute atomic E-state index is 0.0289. The van der Waals surface area contributed by atoms with Gasteiger partial charge in [0.15, 0.2) is 12.0 Å². The van der Waals surface area contributed by atoms with Crippen LogP contribution in [0.5, 0.6) is 5.75 Å². The van der Waals surface area contributed by atoms with E-state index in [1.807, 2.05) is 0 Å². The fourth-order valence-electron chi connectivity index (χ4n) is 2.66. The number of ether oxygens (including phenoxy) is 3. The number of hydrogen-bond donors (Lipinski definition) is 0. The summed E-state index contributed by atoms with van der Waals surface area (Å²) < 4.78 is 53.6. The van der Waals surface area contributed by atoms with Crippen LogP contribution in [0.4, 0.5) is 13.2 Å². The van der Waals surface area contributed by atoms with Crippen LogP contribution < -0.4 is 4.74 Å². The van der Waals surface area contributed by atoms with Gasteiger partial charge in [0.2, 0.25) is 0 Å². The smallest absolute Gasteiger partial charge is 0.416 e. The number of alkyl halides is 3. The molecule has 0 saturated heterocycles. The summed E-state index contributed by atoms with van der Waals surface area (Å²) >= 11 is 5.84. The molecule has 1 aromatic carbocycles. The first-order valence-electron chi connectivity index (χ1n) is 8.85. The molecule has 0 aliphatic heterocycles. The van der Waals surface area contributed by atoms with Crippen LogP contribution in [0.15, 0.2) is 42.5 Å². The molecule has 0 N–H and O–H groups in total. The Kier molecular flexibility index (Phi) is 7.32. The van der Waals surface area contributed by atoms with Crippen LogP contribution in [0.3, 0.4) is 0 Å². The van der Waals surface area contributed by atoms with E-state index >= 15 is 0 Å². The van der Waals surface area contributed by atoms with E-state index in [-0.39, 0.29) is 6.61 Å². The van der Waals surface area contributed by atoms with Crippen molar-refractivity contribution in [1.29, 1.82) is 0 Å². The molecule has 12 heteroatoms. The maximum atomic E-state index is 12.8. The van der Waals surface area contributed by atoms with Gasteiger partial charge in [0.1, 0.15) is 5.75 Å². The van der Waals surface area contributed by atoms with Gasteiger partial charge in [-0.3, -0.25) is 14.9 Å². The zero-order chi connectivity index (χ0) is 23.4. The highest BCUT2D eigenvalue weighted by Gasteiger charge is 2.56. The van der Waals surface area contributed by atoms with Crippen molar-refractivity contribution in [3.05, 3.63) is 63.2 Å². The van der Waals surface area contributed by atoms with Gasteiger partial charge in [-0.15, -0.1) is 0 Å². The third-order valence-electron chi connectivity index (χ3n) is 4.18. The lowest BCUT2D eigenvalue weighted by molar-refractivity contribution is -0.605. The number of nitrogens with zero attached hydrogens (tertiary/aromatic N) is 1. The molecule has 0 bridgehead atoms. The fraction of sp³-hybridized carbons (Fsp3) is 0.368. The van der Waals surface area contributed by atoms with Crippen molar-refractivity contribution >= 4 is 23.5 Å². The molecule has 1 aliphatic rings. The third-order valence-corrected chi connectivity index (χ3v) is 4.47. The minimum Gasteiger partial charge on any atom is -0.463 e. The Balaban J connectivity index is 2.37. The van der Waals surface area contributed by atoms with E-state index in [1.54, 1.807) is 6.92 Å². The number of allylic oxidation sites excluding steroid dienone is 2. The highest BCUT2D eigenvalue weighted by molar-refractivity contribution is 6.32. The molecule has 3 atom stereocenters. The minimum atomic E-state index is -4.69. The number of rotatable bonds is 7. The highest BCUT2D eigenvalue weighted by atomic mass is 35.5. The summed E-state index contributed by atoms with van der Waals surface area (Å²) in [6.07, 6.45) is -1.46. The summed E-state index contributed by atoms with van der Waals surface area (Å²) in [5.74, 6) is -4.17. The molecule has 0 aromatic heterocycles. The van der Waals surface area contributed by atoms with Crippen LogP contribution in [0.2, 0.25) is 5.02 Å². The van der Waals surface area contributed by atoms with Gasteiger partial charge in [-0.05, 0) is 32.0 Å². The fourth-order valence-corrected chi connectivity index (χ4v) is 2.88. The Hall–Kier alpha value is -3.08. The lowest BCUT2D eigenvalue weighted by Gasteiger charge is -2.30. The second-order valence-electron chi connectivity index (χ2n) is 6.31. The van der Waals surface area contributed by atoms with Gasteiger partial charge in [-0.2, -0.15) is 13.2 Å². The first-order chi connectivity index (χ1) is 14.4. The molecule has 0 fully saturated rings. The van der Waals surface area contributed by atoms with Crippen molar-refractivity contribution in [2.45, 2.75) is 31.9 Å². The molecule has 0 amide bonds. The van der Waals surface area contributed by atoms with Crippen LogP contribution >= 0.6 is 11.6 Å². The molecule has 0 spiro atoms. The van der Waals surface area contributed by atoms with Crippen LogP contribution in [0, 0.1) is 16.0 Å². The van der Waals surface area contributed by atoms with Gasteiger partial charge in [-0.25, -0.2) is 4.79 Å². The number of halogens is 4. The molecule has 0 radical (unpaired) electrons. The second kappa shape index (κ2) is 9.38. The lowest BCUT2D eigenvalue weighted by Crippen LogP contribution is -2.53. The summed E-state index contributed by atoms with van der Waals surface area (Å²) in [6.45, 7) is 2.79. The van der Waals surface area contributed by atoms with E-state index in [4.69, 9.17) is 25.8 Å². The van der Waals surface area contributed by atoms with Crippen LogP contribution in [-0.2, 0) is 25.2 Å². The number of carbonyl (C=O) groups is 2. The monoisotopic (exact) mass is 463 g/mol. The maximum Gasteiger partial charge on any atom is 0.416 e. The number of benzene rings is 1. The number of carbonyl (C=O) groups excluding carboxylic acids is 2. The molecule has 31 heavy (non-hydrogen) atoms. The largest absolute Gasteiger partial charge is 0.463 e. The van der Waals surface area contributed by atoms with E-state index in [0.29, 0.717) is 12.1 Å². The lowest BCUT2D eigenvalue weighted by atomic mass is 9.91. The van der Waals surface area contributed by atoms with Gasteiger partial charge < -0.3 is 14.2 Å². The van der Waals surface area contributed by atoms with E-state index in [1.165, 1.54) is 19.1 Å². The topological polar surface area (TPSA) is 105 Å². The predicted molar refractivity (Wildman–Crippen MR) is 101 cm³/mol. The van der Waals surface area contributed by atoms with Gasteiger partial charge in [0.05, 0.1) is 22.1 Å². The third kappa shape index (κ3) is 5.35. The number of nitro groups is 1. The normalized spacial score (nSPS) is 21.3. The first-order valence-corrected chi connectivity index (χ1v) is 9.23. The Morgan fingerprint density at radius 3 is 2.55 bits per heavy atom. The number of hydrogen-bond acceptors (Lipinski definition) is 7. The average Bonchev–Trinajstić information content (AvgIpc) is 2.68. The van der Waals surface area contributed by atoms with Crippen molar-refractivity contribution in [3.8, 4) is 5.75 Å². The Bertz CT molecular complexity index is 932. The summed E-state index contributed by atoms with van der Waals surface area (Å²) in [5, 5.41) is 11.4. The zero-order valence-electron chi connectivity index (χ0n) is 16.2. The molecule has 168 valence electrons. The van der Waals surface area contributed by atoms with E-state index < -0.39 is 57.1 Å². The molecule has 1 aliphatic carbocycles. The predicted octanol–water partition coefficient (Wildman–Crippen LogP) is 3.95. The average molecular weight is 464 g/mol. The van der Waals surface area contributed by atoms with E-state index in [9.17, 15) is 32.9 Å².